The van der Waals surface area contributed by atoms with Gasteiger partial charge in [-0.2, -0.15) is 0 Å². The van der Waals surface area contributed by atoms with Gasteiger partial charge in [0, 0.05) is 39.3 Å². The zero-order valence-electron chi connectivity index (χ0n) is 12.8. The van der Waals surface area contributed by atoms with E-state index in [9.17, 15) is 9.18 Å². The molecule has 2 fully saturated rings. The fourth-order valence-corrected chi connectivity index (χ4v) is 3.17. The molecule has 1 unspecified atom stereocenters. The van der Waals surface area contributed by atoms with E-state index in [-0.39, 0.29) is 18.1 Å². The Morgan fingerprint density at radius 3 is 2.68 bits per heavy atom. The molecule has 2 aliphatic rings. The van der Waals surface area contributed by atoms with Gasteiger partial charge in [0.1, 0.15) is 5.82 Å². The van der Waals surface area contributed by atoms with E-state index in [1.165, 1.54) is 6.07 Å². The van der Waals surface area contributed by atoms with Crippen molar-refractivity contribution >= 4 is 5.91 Å². The van der Waals surface area contributed by atoms with Crippen molar-refractivity contribution in [2.75, 3.05) is 39.3 Å². The molecule has 0 radical (unpaired) electrons. The number of ether oxygens (including phenoxy) is 1. The van der Waals surface area contributed by atoms with Gasteiger partial charge in [0.05, 0.1) is 12.5 Å². The second-order valence-electron chi connectivity index (χ2n) is 6.08. The molecule has 5 heteroatoms. The summed E-state index contributed by atoms with van der Waals surface area (Å²) in [6.07, 6.45) is 2.82. The Morgan fingerprint density at radius 1 is 1.23 bits per heavy atom. The molecule has 1 amide bonds. The maximum absolute atomic E-state index is 13.6. The maximum atomic E-state index is 13.6. The summed E-state index contributed by atoms with van der Waals surface area (Å²) in [5.41, 5.74) is 0.481. The minimum Gasteiger partial charge on any atom is -0.377 e. The van der Waals surface area contributed by atoms with Crippen LogP contribution in [0.5, 0.6) is 0 Å². The van der Waals surface area contributed by atoms with Gasteiger partial charge in [0.25, 0.3) is 0 Å². The number of amides is 1. The minimum atomic E-state index is -0.298. The van der Waals surface area contributed by atoms with Crippen LogP contribution in [0.2, 0.25) is 0 Å². The summed E-state index contributed by atoms with van der Waals surface area (Å²) in [7, 11) is 0. The molecule has 2 aliphatic heterocycles. The molecular formula is C17H23FN2O2. The monoisotopic (exact) mass is 306 g/mol. The van der Waals surface area contributed by atoms with Gasteiger partial charge in [0.15, 0.2) is 0 Å². The van der Waals surface area contributed by atoms with Crippen LogP contribution in [0.25, 0.3) is 0 Å². The number of carbonyl (C=O) groups excluding carboxylic acids is 1. The highest BCUT2D eigenvalue weighted by atomic mass is 19.1. The van der Waals surface area contributed by atoms with E-state index in [1.54, 1.807) is 18.2 Å². The molecule has 0 aliphatic carbocycles. The van der Waals surface area contributed by atoms with E-state index in [2.05, 4.69) is 4.90 Å². The van der Waals surface area contributed by atoms with E-state index >= 15 is 0 Å². The molecule has 4 nitrogen and oxygen atoms in total. The summed E-state index contributed by atoms with van der Waals surface area (Å²) in [6, 6.07) is 6.50. The van der Waals surface area contributed by atoms with Gasteiger partial charge in [-0.15, -0.1) is 0 Å². The molecule has 0 saturated carbocycles. The van der Waals surface area contributed by atoms with Gasteiger partial charge in [-0.3, -0.25) is 9.69 Å². The third-order valence-corrected chi connectivity index (χ3v) is 4.51. The van der Waals surface area contributed by atoms with E-state index in [0.29, 0.717) is 11.7 Å². The van der Waals surface area contributed by atoms with E-state index in [4.69, 9.17) is 4.74 Å². The first-order valence-corrected chi connectivity index (χ1v) is 8.07. The lowest BCUT2D eigenvalue weighted by molar-refractivity contribution is -0.132. The van der Waals surface area contributed by atoms with Crippen molar-refractivity contribution < 1.29 is 13.9 Å². The highest BCUT2D eigenvalue weighted by Crippen LogP contribution is 2.15. The summed E-state index contributed by atoms with van der Waals surface area (Å²) in [6.45, 7) is 5.05. The van der Waals surface area contributed by atoms with Crippen LogP contribution in [0, 0.1) is 5.82 Å². The SMILES string of the molecule is O=C(Cc1ccccc1F)N1CCN(CC2CCCO2)CC1. The fraction of sp³-hybridized carbons (Fsp3) is 0.588. The highest BCUT2D eigenvalue weighted by Gasteiger charge is 2.25. The van der Waals surface area contributed by atoms with Crippen LogP contribution in [-0.4, -0.2) is 61.1 Å². The second-order valence-corrected chi connectivity index (χ2v) is 6.08. The zero-order chi connectivity index (χ0) is 15.4. The van der Waals surface area contributed by atoms with Crippen LogP contribution in [0.15, 0.2) is 24.3 Å². The quantitative estimate of drug-likeness (QED) is 0.849. The normalized spacial score (nSPS) is 23.0. The van der Waals surface area contributed by atoms with Gasteiger partial charge < -0.3 is 9.64 Å². The molecule has 0 N–H and O–H groups in total. The number of hydrogen-bond acceptors (Lipinski definition) is 3. The lowest BCUT2D eigenvalue weighted by Crippen LogP contribution is -2.50. The van der Waals surface area contributed by atoms with Crippen LogP contribution >= 0.6 is 0 Å². The molecule has 120 valence electrons. The van der Waals surface area contributed by atoms with Crippen LogP contribution in [0.4, 0.5) is 4.39 Å². The first kappa shape index (κ1) is 15.4. The van der Waals surface area contributed by atoms with Crippen molar-refractivity contribution in [2.24, 2.45) is 0 Å². The molecule has 0 spiro atoms. The smallest absolute Gasteiger partial charge is 0.227 e. The summed E-state index contributed by atoms with van der Waals surface area (Å²) < 4.78 is 19.3. The molecule has 0 bridgehead atoms. The van der Waals surface area contributed by atoms with E-state index in [0.717, 1.165) is 52.2 Å². The van der Waals surface area contributed by atoms with Gasteiger partial charge in [-0.1, -0.05) is 18.2 Å². The number of piperazine rings is 1. The third-order valence-electron chi connectivity index (χ3n) is 4.51. The topological polar surface area (TPSA) is 32.8 Å². The van der Waals surface area contributed by atoms with Crippen LogP contribution in [-0.2, 0) is 16.0 Å². The first-order valence-electron chi connectivity index (χ1n) is 8.07. The standard InChI is InChI=1S/C17H23FN2O2/c18-16-6-2-1-4-14(16)12-17(21)20-9-7-19(8-10-20)13-15-5-3-11-22-15/h1-2,4,6,15H,3,5,7-13H2. The Kier molecular flexibility index (Phi) is 5.05. The number of nitrogens with zero attached hydrogens (tertiary/aromatic N) is 2. The predicted molar refractivity (Wildman–Crippen MR) is 82.1 cm³/mol. The number of carbonyl (C=O) groups is 1. The molecule has 2 heterocycles. The second kappa shape index (κ2) is 7.20. The van der Waals surface area contributed by atoms with Gasteiger partial charge in [0.2, 0.25) is 5.91 Å². The molecular weight excluding hydrogens is 283 g/mol. The summed E-state index contributed by atoms with van der Waals surface area (Å²) in [5.74, 6) is -0.283. The third kappa shape index (κ3) is 3.84. The van der Waals surface area contributed by atoms with E-state index in [1.807, 2.05) is 4.90 Å². The van der Waals surface area contributed by atoms with Crippen LogP contribution in [0.3, 0.4) is 0 Å². The molecule has 3 rings (SSSR count). The highest BCUT2D eigenvalue weighted by molar-refractivity contribution is 5.79. The number of benzene rings is 1. The Labute approximate surface area is 130 Å². The van der Waals surface area contributed by atoms with Crippen molar-refractivity contribution in [3.05, 3.63) is 35.6 Å². The lowest BCUT2D eigenvalue weighted by Gasteiger charge is -2.35. The largest absolute Gasteiger partial charge is 0.377 e. The molecule has 1 aromatic rings. The van der Waals surface area contributed by atoms with Crippen molar-refractivity contribution in [3.8, 4) is 0 Å². The number of halogens is 1. The molecule has 22 heavy (non-hydrogen) atoms. The summed E-state index contributed by atoms with van der Waals surface area (Å²) >= 11 is 0. The van der Waals surface area contributed by atoms with Crippen molar-refractivity contribution in [3.63, 3.8) is 0 Å². The molecule has 1 atom stereocenters. The van der Waals surface area contributed by atoms with Gasteiger partial charge in [-0.05, 0) is 24.5 Å². The summed E-state index contributed by atoms with van der Waals surface area (Å²) in [5, 5.41) is 0. The van der Waals surface area contributed by atoms with Gasteiger partial charge in [-0.25, -0.2) is 4.39 Å². The van der Waals surface area contributed by atoms with Crippen LogP contribution < -0.4 is 0 Å². The Balaban J connectivity index is 1.46. The van der Waals surface area contributed by atoms with Crippen molar-refractivity contribution in [2.45, 2.75) is 25.4 Å². The average molecular weight is 306 g/mol. The van der Waals surface area contributed by atoms with Crippen molar-refractivity contribution in [1.29, 1.82) is 0 Å². The molecule has 2 saturated heterocycles. The van der Waals surface area contributed by atoms with E-state index < -0.39 is 0 Å². The average Bonchev–Trinajstić information content (AvgIpc) is 3.03. The zero-order valence-corrected chi connectivity index (χ0v) is 12.8. The van der Waals surface area contributed by atoms with Gasteiger partial charge >= 0.3 is 0 Å². The molecule has 1 aromatic carbocycles. The minimum absolute atomic E-state index is 0.0156. The predicted octanol–water partition coefficient (Wildman–Crippen LogP) is 1.69. The maximum Gasteiger partial charge on any atom is 0.227 e. The first-order chi connectivity index (χ1) is 10.7. The Morgan fingerprint density at radius 2 is 2.00 bits per heavy atom. The fourth-order valence-electron chi connectivity index (χ4n) is 3.17. The lowest BCUT2D eigenvalue weighted by atomic mass is 10.1. The Hall–Kier alpha value is -1.46. The van der Waals surface area contributed by atoms with Crippen LogP contribution in [0.1, 0.15) is 18.4 Å². The number of hydrogen-bond donors (Lipinski definition) is 0. The summed E-state index contributed by atoms with van der Waals surface area (Å²) in [4.78, 5) is 16.5. The Bertz CT molecular complexity index is 509. The molecule has 0 aromatic heterocycles. The number of rotatable bonds is 4. The van der Waals surface area contributed by atoms with Crippen molar-refractivity contribution in [1.82, 2.24) is 9.80 Å².